The molecule has 0 atom stereocenters. The third kappa shape index (κ3) is 2.50. The summed E-state index contributed by atoms with van der Waals surface area (Å²) in [6.07, 6.45) is 2.41. The number of anilines is 1. The van der Waals surface area contributed by atoms with E-state index in [0.29, 0.717) is 5.41 Å². The molecule has 3 nitrogen and oxygen atoms in total. The van der Waals surface area contributed by atoms with Gasteiger partial charge in [-0.3, -0.25) is 4.98 Å². The van der Waals surface area contributed by atoms with E-state index >= 15 is 0 Å². The van der Waals surface area contributed by atoms with Crippen molar-refractivity contribution in [3.8, 4) is 0 Å². The van der Waals surface area contributed by atoms with Crippen LogP contribution in [0.5, 0.6) is 0 Å². The molecule has 0 aliphatic carbocycles. The number of rotatable bonds is 2. The SMILES string of the molecule is CC1(C)CCN(c2cc(CO)nc3ccccc23)CC1. The number of pyridine rings is 1. The molecule has 0 unspecified atom stereocenters. The second-order valence-electron chi connectivity index (χ2n) is 6.46. The number of hydrogen-bond acceptors (Lipinski definition) is 3. The second-order valence-corrected chi connectivity index (χ2v) is 6.46. The first kappa shape index (κ1) is 13.4. The molecule has 0 radical (unpaired) electrons. The third-order valence-corrected chi connectivity index (χ3v) is 4.37. The number of piperidine rings is 1. The van der Waals surface area contributed by atoms with Gasteiger partial charge in [-0.15, -0.1) is 0 Å². The van der Waals surface area contributed by atoms with Crippen molar-refractivity contribution in [1.82, 2.24) is 4.98 Å². The van der Waals surface area contributed by atoms with E-state index in [2.05, 4.69) is 35.9 Å². The summed E-state index contributed by atoms with van der Waals surface area (Å²) in [5.74, 6) is 0. The van der Waals surface area contributed by atoms with Crippen LogP contribution in [0.25, 0.3) is 10.9 Å². The number of nitrogens with zero attached hydrogens (tertiary/aromatic N) is 2. The van der Waals surface area contributed by atoms with E-state index in [9.17, 15) is 5.11 Å². The molecule has 3 rings (SSSR count). The van der Waals surface area contributed by atoms with Crippen molar-refractivity contribution in [2.75, 3.05) is 18.0 Å². The molecular formula is C17H22N2O. The van der Waals surface area contributed by atoms with E-state index in [-0.39, 0.29) is 6.61 Å². The molecule has 1 N–H and O–H groups in total. The van der Waals surface area contributed by atoms with Crippen LogP contribution < -0.4 is 4.90 Å². The molecule has 1 aliphatic heterocycles. The fourth-order valence-corrected chi connectivity index (χ4v) is 2.91. The minimum Gasteiger partial charge on any atom is -0.390 e. The van der Waals surface area contributed by atoms with Crippen LogP contribution in [0, 0.1) is 5.41 Å². The summed E-state index contributed by atoms with van der Waals surface area (Å²) in [6.45, 7) is 6.83. The van der Waals surface area contributed by atoms with Crippen LogP contribution in [0.1, 0.15) is 32.4 Å². The Bertz CT molecular complexity index is 611. The van der Waals surface area contributed by atoms with Gasteiger partial charge in [0.05, 0.1) is 17.8 Å². The molecule has 106 valence electrons. The maximum absolute atomic E-state index is 9.42. The van der Waals surface area contributed by atoms with Crippen LogP contribution in [0.3, 0.4) is 0 Å². The van der Waals surface area contributed by atoms with E-state index in [1.807, 2.05) is 18.2 Å². The van der Waals surface area contributed by atoms with Crippen LogP contribution in [-0.4, -0.2) is 23.2 Å². The predicted octanol–water partition coefficient (Wildman–Crippen LogP) is 3.35. The van der Waals surface area contributed by atoms with E-state index in [1.54, 1.807) is 0 Å². The maximum atomic E-state index is 9.42. The Hall–Kier alpha value is -1.61. The maximum Gasteiger partial charge on any atom is 0.0854 e. The normalized spacial score (nSPS) is 18.4. The van der Waals surface area contributed by atoms with E-state index in [1.165, 1.54) is 23.9 Å². The van der Waals surface area contributed by atoms with Crippen molar-refractivity contribution in [2.45, 2.75) is 33.3 Å². The predicted molar refractivity (Wildman–Crippen MR) is 82.9 cm³/mol. The Labute approximate surface area is 120 Å². The van der Waals surface area contributed by atoms with E-state index in [0.717, 1.165) is 24.3 Å². The summed E-state index contributed by atoms with van der Waals surface area (Å²) in [7, 11) is 0. The second kappa shape index (κ2) is 5.06. The average Bonchev–Trinajstić information content (AvgIpc) is 2.46. The van der Waals surface area contributed by atoms with Crippen LogP contribution in [-0.2, 0) is 6.61 Å². The highest BCUT2D eigenvalue weighted by Gasteiger charge is 2.26. The molecule has 1 fully saturated rings. The van der Waals surface area contributed by atoms with E-state index in [4.69, 9.17) is 0 Å². The molecule has 0 amide bonds. The van der Waals surface area contributed by atoms with Gasteiger partial charge in [0.15, 0.2) is 0 Å². The summed E-state index contributed by atoms with van der Waals surface area (Å²) in [5, 5.41) is 10.6. The van der Waals surface area contributed by atoms with Gasteiger partial charge in [-0.1, -0.05) is 32.0 Å². The summed E-state index contributed by atoms with van der Waals surface area (Å²) in [5.41, 5.74) is 3.39. The van der Waals surface area contributed by atoms with Gasteiger partial charge in [0.25, 0.3) is 0 Å². The highest BCUT2D eigenvalue weighted by Crippen LogP contribution is 2.35. The first-order valence-electron chi connectivity index (χ1n) is 7.33. The lowest BCUT2D eigenvalue weighted by Crippen LogP contribution is -2.37. The fraction of sp³-hybridized carbons (Fsp3) is 0.471. The van der Waals surface area contributed by atoms with Crippen molar-refractivity contribution in [3.05, 3.63) is 36.0 Å². The molecule has 2 heterocycles. The topological polar surface area (TPSA) is 36.4 Å². The Morgan fingerprint density at radius 3 is 2.60 bits per heavy atom. The monoisotopic (exact) mass is 270 g/mol. The molecule has 1 aliphatic rings. The number of hydrogen-bond donors (Lipinski definition) is 1. The van der Waals surface area contributed by atoms with Gasteiger partial charge in [0.2, 0.25) is 0 Å². The Morgan fingerprint density at radius 1 is 1.20 bits per heavy atom. The van der Waals surface area contributed by atoms with Gasteiger partial charge in [-0.25, -0.2) is 0 Å². The van der Waals surface area contributed by atoms with Crippen molar-refractivity contribution in [1.29, 1.82) is 0 Å². The van der Waals surface area contributed by atoms with Crippen molar-refractivity contribution in [2.24, 2.45) is 5.41 Å². The zero-order valence-corrected chi connectivity index (χ0v) is 12.3. The number of aromatic nitrogens is 1. The zero-order valence-electron chi connectivity index (χ0n) is 12.3. The first-order valence-corrected chi connectivity index (χ1v) is 7.33. The van der Waals surface area contributed by atoms with Crippen LogP contribution in [0.15, 0.2) is 30.3 Å². The standard InChI is InChI=1S/C17H22N2O/c1-17(2)7-9-19(10-8-17)16-11-13(12-20)18-15-6-4-3-5-14(15)16/h3-6,11,20H,7-10,12H2,1-2H3. The molecule has 3 heteroatoms. The molecule has 0 bridgehead atoms. The number of benzene rings is 1. The minimum absolute atomic E-state index is 0.00281. The number of fused-ring (bicyclic) bond motifs is 1. The van der Waals surface area contributed by atoms with Crippen LogP contribution in [0.4, 0.5) is 5.69 Å². The first-order chi connectivity index (χ1) is 9.59. The molecule has 2 aromatic rings. The van der Waals surface area contributed by atoms with Crippen molar-refractivity contribution >= 4 is 16.6 Å². The summed E-state index contributed by atoms with van der Waals surface area (Å²) in [6, 6.07) is 10.2. The fourth-order valence-electron chi connectivity index (χ4n) is 2.91. The lowest BCUT2D eigenvalue weighted by Gasteiger charge is -2.38. The number of para-hydroxylation sites is 1. The Kier molecular flexibility index (Phi) is 3.38. The molecule has 1 aromatic carbocycles. The van der Waals surface area contributed by atoms with Gasteiger partial charge in [-0.2, -0.15) is 0 Å². The van der Waals surface area contributed by atoms with Gasteiger partial charge in [0, 0.05) is 24.2 Å². The summed E-state index contributed by atoms with van der Waals surface area (Å²) >= 11 is 0. The molecule has 1 aromatic heterocycles. The van der Waals surface area contributed by atoms with E-state index < -0.39 is 0 Å². The van der Waals surface area contributed by atoms with Crippen LogP contribution >= 0.6 is 0 Å². The third-order valence-electron chi connectivity index (χ3n) is 4.37. The smallest absolute Gasteiger partial charge is 0.0854 e. The zero-order chi connectivity index (χ0) is 14.2. The molecule has 1 saturated heterocycles. The highest BCUT2D eigenvalue weighted by atomic mass is 16.3. The van der Waals surface area contributed by atoms with Gasteiger partial charge in [0.1, 0.15) is 0 Å². The molecule has 0 spiro atoms. The average molecular weight is 270 g/mol. The Morgan fingerprint density at radius 2 is 1.90 bits per heavy atom. The lowest BCUT2D eigenvalue weighted by molar-refractivity contribution is 0.275. The summed E-state index contributed by atoms with van der Waals surface area (Å²) < 4.78 is 0. The highest BCUT2D eigenvalue weighted by molar-refractivity contribution is 5.92. The Balaban J connectivity index is 2.02. The number of aliphatic hydroxyl groups is 1. The largest absolute Gasteiger partial charge is 0.390 e. The number of aliphatic hydroxyl groups excluding tert-OH is 1. The van der Waals surface area contributed by atoms with Gasteiger partial charge in [-0.05, 0) is 30.4 Å². The van der Waals surface area contributed by atoms with Crippen molar-refractivity contribution in [3.63, 3.8) is 0 Å². The molecule has 0 saturated carbocycles. The summed E-state index contributed by atoms with van der Waals surface area (Å²) in [4.78, 5) is 6.94. The minimum atomic E-state index is -0.00281. The molecular weight excluding hydrogens is 248 g/mol. The van der Waals surface area contributed by atoms with Gasteiger partial charge >= 0.3 is 0 Å². The lowest BCUT2D eigenvalue weighted by atomic mass is 9.82. The van der Waals surface area contributed by atoms with Crippen molar-refractivity contribution < 1.29 is 5.11 Å². The van der Waals surface area contributed by atoms with Crippen LogP contribution in [0.2, 0.25) is 0 Å². The molecule has 20 heavy (non-hydrogen) atoms. The quantitative estimate of drug-likeness (QED) is 0.909. The van der Waals surface area contributed by atoms with Gasteiger partial charge < -0.3 is 10.0 Å².